The number of fused-ring (bicyclic) bond motifs is 5. The number of allylic oxidation sites excluding steroid dienone is 1. The molecule has 0 spiro atoms. The van der Waals surface area contributed by atoms with Crippen LogP contribution in [0.15, 0.2) is 12.2 Å². The molecule has 3 rings (SSSR count). The molecule has 2 aliphatic carbocycles. The molecular formula is C13H24I2N2O. The number of quaternary nitrogens is 1. The first-order valence-electron chi connectivity index (χ1n) is 6.55. The molecule has 1 saturated carbocycles. The average molecular weight is 478 g/mol. The van der Waals surface area contributed by atoms with Gasteiger partial charge in [-0.05, 0) is 0 Å². The summed E-state index contributed by atoms with van der Waals surface area (Å²) in [5.41, 5.74) is 4.81. The fourth-order valence-corrected chi connectivity index (χ4v) is 18.3. The van der Waals surface area contributed by atoms with Crippen molar-refractivity contribution in [2.45, 2.75) is 40.6 Å². The van der Waals surface area contributed by atoms with E-state index >= 15 is 0 Å². The fraction of sp³-hybridized carbons (Fsp3) is 0.846. The quantitative estimate of drug-likeness (QED) is 0.188. The summed E-state index contributed by atoms with van der Waals surface area (Å²) in [4.78, 5) is 0. The monoisotopic (exact) mass is 478 g/mol. The Morgan fingerprint density at radius 2 is 2.00 bits per heavy atom. The second-order valence-corrected chi connectivity index (χ2v) is 16.5. The molecule has 5 heteroatoms. The van der Waals surface area contributed by atoms with Gasteiger partial charge in [-0.25, -0.2) is 0 Å². The minimum absolute atomic E-state index is 0.0268. The van der Waals surface area contributed by atoms with Gasteiger partial charge in [0, 0.05) is 0 Å². The van der Waals surface area contributed by atoms with Gasteiger partial charge in [-0.2, -0.15) is 0 Å². The van der Waals surface area contributed by atoms with E-state index in [1.807, 2.05) is 0 Å². The van der Waals surface area contributed by atoms with Crippen molar-refractivity contribution in [2.24, 2.45) is 17.3 Å². The van der Waals surface area contributed by atoms with E-state index < -0.39 is 20.5 Å². The van der Waals surface area contributed by atoms with Gasteiger partial charge >= 0.3 is 130 Å². The molecule has 0 aromatic rings. The zero-order chi connectivity index (χ0) is 13.3. The molecular weight excluding hydrogens is 454 g/mol. The average Bonchev–Trinajstić information content (AvgIpc) is 2.74. The van der Waals surface area contributed by atoms with E-state index in [-0.39, 0.29) is 32.4 Å². The maximum atomic E-state index is 10.7. The van der Waals surface area contributed by atoms with E-state index in [0.29, 0.717) is 15.8 Å². The van der Waals surface area contributed by atoms with E-state index in [2.05, 4.69) is 47.0 Å². The zero-order valence-electron chi connectivity index (χ0n) is 11.5. The number of nitrogens with zero attached hydrogens (tertiary/aromatic N) is 1. The molecule has 5 unspecified atom stereocenters. The molecule has 4 N–H and O–H groups in total. The van der Waals surface area contributed by atoms with Gasteiger partial charge in [-0.1, -0.05) is 0 Å². The topological polar surface area (TPSA) is 51.1 Å². The molecule has 1 heterocycles. The van der Waals surface area contributed by atoms with E-state index in [1.165, 1.54) is 6.42 Å². The predicted molar refractivity (Wildman–Crippen MR) is 77.4 cm³/mol. The Kier molecular flexibility index (Phi) is 3.34. The molecule has 5 atom stereocenters. The first kappa shape index (κ1) is 14.0. The number of hydrogen-bond acceptors (Lipinski definition) is 2. The van der Waals surface area contributed by atoms with Crippen molar-refractivity contribution in [3.8, 4) is 0 Å². The molecule has 0 aromatic carbocycles. The first-order valence-corrected chi connectivity index (χ1v) is 11.9. The van der Waals surface area contributed by atoms with Gasteiger partial charge in [0.1, 0.15) is 0 Å². The predicted octanol–water partition coefficient (Wildman–Crippen LogP) is -1.77. The normalized spacial score (nSPS) is 52.9. The Hall–Kier alpha value is 1.08. The molecule has 3 nitrogen and oxygen atoms in total. The van der Waals surface area contributed by atoms with Crippen LogP contribution in [0.25, 0.3) is 0 Å². The Bertz CT molecular complexity index is 396. The van der Waals surface area contributed by atoms with Gasteiger partial charge in [0.05, 0.1) is 0 Å². The van der Waals surface area contributed by atoms with Crippen molar-refractivity contribution in [1.29, 1.82) is 0 Å². The molecule has 18 heavy (non-hydrogen) atoms. The van der Waals surface area contributed by atoms with Crippen LogP contribution in [0.4, 0.5) is 0 Å². The summed E-state index contributed by atoms with van der Waals surface area (Å²) in [6, 6.07) is 0. The molecule has 0 radical (unpaired) electrons. The first-order chi connectivity index (χ1) is 8.24. The van der Waals surface area contributed by atoms with Crippen LogP contribution in [0.2, 0.25) is 0 Å². The number of halogens is 2. The minimum atomic E-state index is -1.85. The third-order valence-electron chi connectivity index (χ3n) is 4.99. The van der Waals surface area contributed by atoms with Gasteiger partial charge in [0.2, 0.25) is 0 Å². The molecule has 3 aliphatic rings. The van der Waals surface area contributed by atoms with Crippen molar-refractivity contribution in [2.75, 3.05) is 7.05 Å². The van der Waals surface area contributed by atoms with Gasteiger partial charge < -0.3 is 0 Å². The Morgan fingerprint density at radius 3 is 2.67 bits per heavy atom. The molecule has 1 saturated heterocycles. The molecule has 2 fully saturated rings. The zero-order valence-corrected chi connectivity index (χ0v) is 15.8. The molecule has 0 aromatic heterocycles. The molecule has 1 aliphatic heterocycles. The van der Waals surface area contributed by atoms with Gasteiger partial charge in [-0.15, -0.1) is 0 Å². The van der Waals surface area contributed by atoms with Crippen molar-refractivity contribution in [3.05, 3.63) is 12.2 Å². The summed E-state index contributed by atoms with van der Waals surface area (Å²) < 4.78 is 14.5. The van der Waals surface area contributed by atoms with Crippen LogP contribution in [0.5, 0.6) is 0 Å². The van der Waals surface area contributed by atoms with Crippen LogP contribution in [0.3, 0.4) is 0 Å². The van der Waals surface area contributed by atoms with E-state index in [0.717, 1.165) is 3.92 Å². The summed E-state index contributed by atoms with van der Waals surface area (Å²) in [6.45, 7) is 7.01. The van der Waals surface area contributed by atoms with Crippen LogP contribution in [0.1, 0.15) is 27.2 Å². The third kappa shape index (κ3) is 1.91. The maximum absolute atomic E-state index is 10.7. The Balaban J connectivity index is 2.06. The number of rotatable bonds is 0. The van der Waals surface area contributed by atoms with Crippen LogP contribution in [-0.2, 0) is 0 Å². The van der Waals surface area contributed by atoms with Crippen LogP contribution < -0.4 is 27.2 Å². The summed E-state index contributed by atoms with van der Waals surface area (Å²) in [6.07, 6.45) is 6.05. The Labute approximate surface area is 128 Å². The summed E-state index contributed by atoms with van der Waals surface area (Å²) in [5.74, 6) is 1.39. The third-order valence-corrected chi connectivity index (χ3v) is 17.6. The second-order valence-electron chi connectivity index (χ2n) is 6.77. The van der Waals surface area contributed by atoms with E-state index in [4.69, 9.17) is 0 Å². The summed E-state index contributed by atoms with van der Waals surface area (Å²) in [7, 11) is 2.17. The van der Waals surface area contributed by atoms with Gasteiger partial charge in [0.15, 0.2) is 0 Å². The standard InChI is InChI=1S/C13H23I2N2O/c1-12(2)5-6-13(3,16)8-7-9(12)11-10(8)14-17(4)15(11)18/h5-6,8-11,18H,7,16H2,1-4H3/q-1/p+1. The molecule has 106 valence electrons. The molecule has 0 amide bonds. The second kappa shape index (κ2) is 4.29. The van der Waals surface area contributed by atoms with Crippen LogP contribution in [-0.4, -0.2) is 25.2 Å². The van der Waals surface area contributed by atoms with E-state index in [9.17, 15) is 3.44 Å². The van der Waals surface area contributed by atoms with E-state index in [1.54, 1.807) is 0 Å². The number of alkyl halides is 2. The van der Waals surface area contributed by atoms with Gasteiger partial charge in [-0.3, -0.25) is 0 Å². The summed E-state index contributed by atoms with van der Waals surface area (Å²) >= 11 is -1.83. The molecule has 2 bridgehead atoms. The Morgan fingerprint density at radius 1 is 1.33 bits per heavy atom. The number of hydrogen-bond donors (Lipinski definition) is 2. The van der Waals surface area contributed by atoms with Crippen LogP contribution >= 0.6 is 20.5 Å². The van der Waals surface area contributed by atoms with Crippen molar-refractivity contribution in [1.82, 2.24) is 1.33 Å². The van der Waals surface area contributed by atoms with Crippen molar-refractivity contribution >= 4 is 20.5 Å². The SMILES string of the molecule is CN1[I-]C2C(C3CC2C(C)([NH3+])C=CC3(C)C)I1O. The fourth-order valence-electron chi connectivity index (χ4n) is 3.69. The van der Waals surface area contributed by atoms with Crippen molar-refractivity contribution < 1.29 is 30.6 Å². The van der Waals surface area contributed by atoms with Gasteiger partial charge in [0.25, 0.3) is 0 Å². The van der Waals surface area contributed by atoms with Crippen LogP contribution in [0, 0.1) is 17.3 Å². The summed E-state index contributed by atoms with van der Waals surface area (Å²) in [5, 5.41) is 0. The van der Waals surface area contributed by atoms with Crippen molar-refractivity contribution in [3.63, 3.8) is 0 Å².